The van der Waals surface area contributed by atoms with E-state index in [-0.39, 0.29) is 17.5 Å². The maximum atomic E-state index is 2.75. The molecule has 0 aromatic heterocycles. The average Bonchev–Trinajstić information content (AvgIpc) is 0.674. The normalized spacial score (nSPS) is 12.5. The first-order chi connectivity index (χ1) is 59.3. The summed E-state index contributed by atoms with van der Waals surface area (Å²) in [4.78, 5) is 5.44. The van der Waals surface area contributed by atoms with E-state index in [1.165, 1.54) is 97.0 Å². The predicted octanol–water partition coefficient (Wildman–Crippen LogP) is 22.8. The molecule has 121 heavy (non-hydrogen) atoms. The fourth-order valence-electron chi connectivity index (χ4n) is 19.6. The second kappa shape index (κ2) is 31.4. The summed E-state index contributed by atoms with van der Waals surface area (Å²) >= 11 is 0. The minimum Gasteiger partial charge on any atom is -0.310 e. The van der Waals surface area contributed by atoms with Crippen molar-refractivity contribution >= 4 is 115 Å². The molecule has 2 aliphatic rings. The van der Waals surface area contributed by atoms with Gasteiger partial charge in [0.05, 0.1) is 11.4 Å². The molecule has 0 saturated carbocycles. The molecule has 18 aromatic rings. The van der Waals surface area contributed by atoms with E-state index in [9.17, 15) is 0 Å². The van der Waals surface area contributed by atoms with Gasteiger partial charge >= 0.3 is 0 Å². The van der Waals surface area contributed by atoms with Crippen LogP contribution in [-0.2, 0) is 10.8 Å². The van der Waals surface area contributed by atoms with Gasteiger partial charge in [-0.2, -0.15) is 0 Å². The Hall–Kier alpha value is -13.9. The molecule has 0 radical (unpaired) electrons. The van der Waals surface area contributed by atoms with Crippen LogP contribution >= 0.6 is 0 Å². The Kier molecular flexibility index (Phi) is 19.7. The van der Waals surface area contributed by atoms with Crippen LogP contribution in [-0.4, -0.2) is 22.9 Å². The molecule has 0 N–H and O–H groups in total. The lowest BCUT2D eigenvalue weighted by molar-refractivity contribution is 0.590. The van der Waals surface area contributed by atoms with Crippen LogP contribution in [0.3, 0.4) is 0 Å². The summed E-state index contributed by atoms with van der Waals surface area (Å²) in [6, 6.07) is 175. The van der Waals surface area contributed by atoms with E-state index < -0.39 is 16.1 Å². The lowest BCUT2D eigenvalue weighted by Crippen LogP contribution is -2.78. The van der Waals surface area contributed by atoms with Crippen molar-refractivity contribution in [3.8, 4) is 77.9 Å². The van der Waals surface area contributed by atoms with Crippen LogP contribution in [0.15, 0.2) is 455 Å². The highest BCUT2D eigenvalue weighted by molar-refractivity contribution is 7.22. The van der Waals surface area contributed by atoms with Gasteiger partial charge in [-0.1, -0.05) is 472 Å². The van der Waals surface area contributed by atoms with Crippen LogP contribution in [0.25, 0.3) is 77.9 Å². The molecule has 0 fully saturated rings. The molecule has 0 atom stereocenters. The number of hydrogen-bond donors (Lipinski definition) is 0. The molecule has 18 aromatic carbocycles. The van der Waals surface area contributed by atoms with Gasteiger partial charge in [-0.25, -0.2) is 0 Å². The van der Waals surface area contributed by atoms with E-state index in [4.69, 9.17) is 0 Å². The van der Waals surface area contributed by atoms with E-state index in [2.05, 4.69) is 506 Å². The molecule has 0 saturated heterocycles. The number of nitrogens with zero attached hydrogens (tertiary/aromatic N) is 2. The number of anilines is 6. The molecule has 0 amide bonds. The van der Waals surface area contributed by atoms with Crippen molar-refractivity contribution in [3.63, 3.8) is 0 Å². The first kappa shape index (κ1) is 75.8. The molecular weight excluding hydrogens is 1490 g/mol. The third-order valence-corrected chi connectivity index (χ3v) is 34.9. The Balaban J connectivity index is 0.958. The maximum absolute atomic E-state index is 3.52. The minimum absolute atomic E-state index is 0.201. The standard InChI is InChI=1S/C116H93BN2Si2/c1-115(2,3)92-70-72-108-107(78-92)117-106-71-69-90(77-109(106)119(114-104(86-49-25-11-26-50-86)67-40-68-105(114)87-51-27-12-28-52-87)111-80-93(116(4,5)6)79-110(112(111)117)118(108)113-102(84-45-21-9-22-46-84)65-39-66-103(113)85-47-23-10-24-48-85)91-75-100(120(94-55-29-13-30-56-94,95-57-31-14-32-58-95)98-63-37-53-88(73-98)82-41-17-7-18-42-82)81-101(76-91)121(96-59-33-15-34-60-96,97-61-35-16-36-62-97)99-64-38-54-89(74-99)83-43-19-8-20-44-83/h7-81H,1-6H3. The summed E-state index contributed by atoms with van der Waals surface area (Å²) in [6.45, 7) is 14.1. The Labute approximate surface area is 715 Å². The molecule has 2 heterocycles. The van der Waals surface area contributed by atoms with Crippen molar-refractivity contribution in [1.29, 1.82) is 0 Å². The number of hydrogen-bond acceptors (Lipinski definition) is 2. The molecule has 0 unspecified atom stereocenters. The zero-order valence-electron chi connectivity index (χ0n) is 69.3. The van der Waals surface area contributed by atoms with Gasteiger partial charge in [-0.15, -0.1) is 0 Å². The minimum atomic E-state index is -3.52. The third-order valence-electron chi connectivity index (χ3n) is 25.4. The van der Waals surface area contributed by atoms with Gasteiger partial charge < -0.3 is 9.80 Å². The predicted molar refractivity (Wildman–Crippen MR) is 523 cm³/mol. The number of benzene rings is 18. The molecule has 0 aliphatic carbocycles. The van der Waals surface area contributed by atoms with E-state index in [1.54, 1.807) is 0 Å². The fraction of sp³-hybridized carbons (Fsp3) is 0.0690. The van der Waals surface area contributed by atoms with Gasteiger partial charge in [0.25, 0.3) is 6.71 Å². The zero-order chi connectivity index (χ0) is 81.8. The summed E-state index contributed by atoms with van der Waals surface area (Å²) < 4.78 is 0. The third kappa shape index (κ3) is 13.5. The zero-order valence-corrected chi connectivity index (χ0v) is 71.3. The number of para-hydroxylation sites is 2. The van der Waals surface area contributed by atoms with Gasteiger partial charge in [0, 0.05) is 45.0 Å². The molecule has 2 aliphatic heterocycles. The summed E-state index contributed by atoms with van der Waals surface area (Å²) in [5.74, 6) is 0. The summed E-state index contributed by atoms with van der Waals surface area (Å²) in [5.41, 5.74) is 28.8. The molecule has 0 bridgehead atoms. The summed E-state index contributed by atoms with van der Waals surface area (Å²) in [5, 5.41) is 10.4. The highest BCUT2D eigenvalue weighted by Crippen LogP contribution is 2.54. The van der Waals surface area contributed by atoms with Gasteiger partial charge in [0.2, 0.25) is 0 Å². The highest BCUT2D eigenvalue weighted by Gasteiger charge is 2.49. The van der Waals surface area contributed by atoms with Crippen molar-refractivity contribution in [2.75, 3.05) is 9.80 Å². The topological polar surface area (TPSA) is 6.48 Å². The largest absolute Gasteiger partial charge is 0.310 e. The van der Waals surface area contributed by atoms with Crippen molar-refractivity contribution < 1.29 is 0 Å². The van der Waals surface area contributed by atoms with Gasteiger partial charge in [0.1, 0.15) is 0 Å². The molecule has 2 nitrogen and oxygen atoms in total. The van der Waals surface area contributed by atoms with E-state index >= 15 is 0 Å². The Morgan fingerprint density at radius 3 is 0.843 bits per heavy atom. The molecule has 5 heteroatoms. The molecule has 20 rings (SSSR count). The van der Waals surface area contributed by atoms with Crippen LogP contribution < -0.4 is 67.7 Å². The number of fused-ring (bicyclic) bond motifs is 4. The summed E-state index contributed by atoms with van der Waals surface area (Å²) in [6.07, 6.45) is 0. The molecule has 0 spiro atoms. The fourth-order valence-corrected chi connectivity index (χ4v) is 29.5. The molecule has 578 valence electrons. The Morgan fingerprint density at radius 1 is 0.190 bits per heavy atom. The Bertz CT molecular complexity index is 6430. The van der Waals surface area contributed by atoms with Crippen molar-refractivity contribution in [2.24, 2.45) is 0 Å². The quantitative estimate of drug-likeness (QED) is 0.0662. The lowest BCUT2D eigenvalue weighted by atomic mass is 9.33. The first-order valence-corrected chi connectivity index (χ1v) is 46.6. The molecular formula is C116H93BN2Si2. The SMILES string of the molecule is CC(C)(C)c1ccc2c(c1)B1c3ccc(-c4cc([Si](c5ccccc5)(c5ccccc5)c5cccc(-c6ccccc6)c5)cc([Si](c5ccccc5)(c5ccccc5)c5cccc(-c6ccccc6)c5)c4)cc3N(c3c(-c4ccccc4)cccc3-c3ccccc3)c3cc(C(C)(C)C)cc(c31)N2c1c(-c2ccccc2)cccc1-c1ccccc1. The van der Waals surface area contributed by atoms with Crippen LogP contribution in [0.5, 0.6) is 0 Å². The second-order valence-electron chi connectivity index (χ2n) is 34.6. The van der Waals surface area contributed by atoms with Crippen LogP contribution in [0, 0.1) is 0 Å². The van der Waals surface area contributed by atoms with Crippen LogP contribution in [0.4, 0.5) is 34.1 Å². The van der Waals surface area contributed by atoms with E-state index in [0.29, 0.717) is 0 Å². The second-order valence-corrected chi connectivity index (χ2v) is 42.2. The van der Waals surface area contributed by atoms with Gasteiger partial charge in [-0.05, 0) is 160 Å². The van der Waals surface area contributed by atoms with Crippen LogP contribution in [0.2, 0.25) is 0 Å². The smallest absolute Gasteiger partial charge is 0.252 e. The van der Waals surface area contributed by atoms with E-state index in [0.717, 1.165) is 84.1 Å². The summed E-state index contributed by atoms with van der Waals surface area (Å²) in [7, 11) is -7.03. The van der Waals surface area contributed by atoms with Gasteiger partial charge in [0.15, 0.2) is 16.1 Å². The van der Waals surface area contributed by atoms with Crippen molar-refractivity contribution in [3.05, 3.63) is 466 Å². The van der Waals surface area contributed by atoms with Crippen molar-refractivity contribution in [1.82, 2.24) is 0 Å². The van der Waals surface area contributed by atoms with Crippen LogP contribution in [0.1, 0.15) is 52.7 Å². The Morgan fingerprint density at radius 2 is 0.488 bits per heavy atom. The average molecular weight is 1580 g/mol. The van der Waals surface area contributed by atoms with E-state index in [1.807, 2.05) is 0 Å². The monoisotopic (exact) mass is 1580 g/mol. The number of rotatable bonds is 17. The lowest BCUT2D eigenvalue weighted by Gasteiger charge is -2.46. The van der Waals surface area contributed by atoms with Crippen molar-refractivity contribution in [2.45, 2.75) is 52.4 Å². The van der Waals surface area contributed by atoms with Gasteiger partial charge in [-0.3, -0.25) is 0 Å². The first-order valence-electron chi connectivity index (χ1n) is 42.6. The highest BCUT2D eigenvalue weighted by atomic mass is 28.3. The maximum Gasteiger partial charge on any atom is 0.252 e.